The summed E-state index contributed by atoms with van der Waals surface area (Å²) < 4.78 is 36.6. The summed E-state index contributed by atoms with van der Waals surface area (Å²) >= 11 is 0. The summed E-state index contributed by atoms with van der Waals surface area (Å²) in [5, 5.41) is 22.3. The van der Waals surface area contributed by atoms with E-state index in [1.165, 1.54) is 10.9 Å². The Morgan fingerprint density at radius 2 is 1.96 bits per heavy atom. The number of rotatable bonds is 6. The molecule has 1 fully saturated rings. The molecular formula is C10H14KN5O10P2. The minimum atomic E-state index is -5.30. The zero-order valence-electron chi connectivity index (χ0n) is 14.2. The van der Waals surface area contributed by atoms with E-state index in [1.54, 1.807) is 0 Å². The number of hydrogen-bond donors (Lipinski definition) is 5. The predicted octanol–water partition coefficient (Wildman–Crippen LogP) is -5.37. The minimum Gasteiger partial charge on any atom is -0.848 e. The molecule has 3 rings (SSSR count). The standard InChI is InChI=1S/C10H14N5O10P2.K/c11-8-5-9(13-2-12-8)15(3-14-5)10-7(17)6(16)4(24-10)1-23-27(21,22)25-26(18,19)20;/h2-4,6-7,10,17H,1H2,(H,21,22)(H2,11,12,13)(H2,18,19,20);/q-1;+1/t4-,6-,7-,10-;/m1./s1. The molecule has 0 aliphatic carbocycles. The van der Waals surface area contributed by atoms with Gasteiger partial charge in [-0.25, -0.2) is 24.1 Å². The molecular weight excluding hydrogens is 451 g/mol. The van der Waals surface area contributed by atoms with Crippen molar-refractivity contribution < 1.29 is 99.0 Å². The van der Waals surface area contributed by atoms with Crippen LogP contribution in [0.1, 0.15) is 6.23 Å². The van der Waals surface area contributed by atoms with Crippen LogP contribution in [-0.4, -0.2) is 64.2 Å². The third-order valence-corrected chi connectivity index (χ3v) is 5.73. The molecule has 0 radical (unpaired) electrons. The van der Waals surface area contributed by atoms with Crippen LogP contribution in [0, 0.1) is 0 Å². The number of nitrogens with two attached hydrogens (primary N) is 1. The number of phosphoric ester groups is 1. The van der Waals surface area contributed by atoms with Gasteiger partial charge in [0.1, 0.15) is 11.8 Å². The third kappa shape index (κ3) is 5.43. The zero-order valence-corrected chi connectivity index (χ0v) is 19.1. The molecule has 2 aromatic heterocycles. The molecule has 0 bridgehead atoms. The fourth-order valence-electron chi connectivity index (χ4n) is 2.47. The third-order valence-electron chi connectivity index (χ3n) is 3.58. The van der Waals surface area contributed by atoms with Crippen LogP contribution in [0.4, 0.5) is 5.82 Å². The van der Waals surface area contributed by atoms with E-state index < -0.39 is 46.8 Å². The quantitative estimate of drug-likeness (QED) is 0.198. The molecule has 3 heterocycles. The molecule has 6 N–H and O–H groups in total. The first kappa shape index (κ1) is 24.4. The second kappa shape index (κ2) is 9.09. The molecule has 18 heteroatoms. The number of aliphatic hydroxyl groups excluding tert-OH is 1. The van der Waals surface area contributed by atoms with Crippen molar-refractivity contribution in [2.24, 2.45) is 0 Å². The second-order valence-corrected chi connectivity index (χ2v) is 8.27. The van der Waals surface area contributed by atoms with Crippen LogP contribution in [0.25, 0.3) is 11.2 Å². The Balaban J connectivity index is 0.00000280. The molecule has 0 saturated carbocycles. The van der Waals surface area contributed by atoms with Gasteiger partial charge < -0.3 is 35.4 Å². The number of nitrogen functional groups attached to an aromatic ring is 1. The summed E-state index contributed by atoms with van der Waals surface area (Å²) in [5.41, 5.74) is 6.05. The van der Waals surface area contributed by atoms with Gasteiger partial charge in [0.2, 0.25) is 0 Å². The summed E-state index contributed by atoms with van der Waals surface area (Å²) in [7, 11) is -10.5. The van der Waals surface area contributed by atoms with Gasteiger partial charge in [0, 0.05) is 0 Å². The van der Waals surface area contributed by atoms with Crippen molar-refractivity contribution in [1.29, 1.82) is 0 Å². The first-order valence-electron chi connectivity index (χ1n) is 7.15. The molecule has 0 aromatic carbocycles. The number of nitrogens with zero attached hydrogens (tertiary/aromatic N) is 4. The fraction of sp³-hybridized carbons (Fsp3) is 0.500. The number of hydrogen-bond acceptors (Lipinski definition) is 11. The number of anilines is 1. The Labute approximate surface area is 199 Å². The maximum Gasteiger partial charge on any atom is 1.00 e. The summed E-state index contributed by atoms with van der Waals surface area (Å²) in [6.07, 6.45) is -3.78. The number of aromatic nitrogens is 4. The molecule has 1 unspecified atom stereocenters. The average Bonchev–Trinajstić information content (AvgIpc) is 3.07. The molecule has 1 saturated heterocycles. The monoisotopic (exact) mass is 465 g/mol. The second-order valence-electron chi connectivity index (χ2n) is 5.44. The number of aliphatic hydroxyl groups is 1. The van der Waals surface area contributed by atoms with Gasteiger partial charge >= 0.3 is 67.0 Å². The number of ether oxygens (including phenoxy) is 1. The van der Waals surface area contributed by atoms with E-state index in [9.17, 15) is 24.2 Å². The fourth-order valence-corrected chi connectivity index (χ4v) is 4.06. The van der Waals surface area contributed by atoms with Gasteiger partial charge in [0.05, 0.1) is 25.1 Å². The summed E-state index contributed by atoms with van der Waals surface area (Å²) in [4.78, 5) is 38.0. The maximum atomic E-state index is 12.2. The normalized spacial score (nSPS) is 27.5. The van der Waals surface area contributed by atoms with Crippen molar-refractivity contribution in [2.75, 3.05) is 12.3 Å². The number of fused-ring (bicyclic) bond motifs is 1. The van der Waals surface area contributed by atoms with Crippen molar-refractivity contribution in [1.82, 2.24) is 19.5 Å². The Morgan fingerprint density at radius 1 is 1.29 bits per heavy atom. The Kier molecular flexibility index (Phi) is 7.92. The van der Waals surface area contributed by atoms with E-state index in [0.717, 1.165) is 6.33 Å². The molecule has 0 amide bonds. The molecule has 15 nitrogen and oxygen atoms in total. The SMILES string of the molecule is Nc1ncnc2c1ncn2[C@@H]1O[C@H](COP(=O)(O)OP(=O)(O)O)[C@@H]([O-])[C@H]1O.[K+]. The number of phosphoric acid groups is 2. The van der Waals surface area contributed by atoms with Gasteiger partial charge in [-0.05, 0) is 0 Å². The van der Waals surface area contributed by atoms with E-state index >= 15 is 0 Å². The summed E-state index contributed by atoms with van der Waals surface area (Å²) in [6.45, 7) is -0.876. The van der Waals surface area contributed by atoms with Crippen LogP contribution >= 0.6 is 15.6 Å². The largest absolute Gasteiger partial charge is 1.00 e. The van der Waals surface area contributed by atoms with E-state index in [0.29, 0.717) is 0 Å². The Bertz CT molecular complexity index is 938. The van der Waals surface area contributed by atoms with Gasteiger partial charge in [-0.1, -0.05) is 6.10 Å². The van der Waals surface area contributed by atoms with Crippen LogP contribution in [0.2, 0.25) is 0 Å². The molecule has 2 aromatic rings. The van der Waals surface area contributed by atoms with Gasteiger partial charge in [0.25, 0.3) is 0 Å². The van der Waals surface area contributed by atoms with Gasteiger partial charge in [-0.3, -0.25) is 9.09 Å². The van der Waals surface area contributed by atoms with Gasteiger partial charge in [-0.2, -0.15) is 4.31 Å². The van der Waals surface area contributed by atoms with E-state index in [1.807, 2.05) is 0 Å². The first-order chi connectivity index (χ1) is 12.5. The molecule has 1 aliphatic heterocycles. The van der Waals surface area contributed by atoms with E-state index in [-0.39, 0.29) is 68.4 Å². The van der Waals surface area contributed by atoms with Gasteiger partial charge in [0.15, 0.2) is 17.7 Å². The Hall–Kier alpha value is 0.126. The topological polar surface area (TPSA) is 235 Å². The molecule has 150 valence electrons. The van der Waals surface area contributed by atoms with Crippen molar-refractivity contribution in [3.05, 3.63) is 12.7 Å². The smallest absolute Gasteiger partial charge is 0.848 e. The van der Waals surface area contributed by atoms with Crippen molar-refractivity contribution in [3.8, 4) is 0 Å². The first-order valence-corrected chi connectivity index (χ1v) is 10.2. The van der Waals surface area contributed by atoms with E-state index in [4.69, 9.17) is 20.3 Å². The van der Waals surface area contributed by atoms with Crippen LogP contribution in [-0.2, 0) is 22.7 Å². The predicted molar refractivity (Wildman–Crippen MR) is 82.3 cm³/mol. The summed E-state index contributed by atoms with van der Waals surface area (Å²) in [5.74, 6) is 0.0700. The van der Waals surface area contributed by atoms with Crippen LogP contribution in [0.15, 0.2) is 12.7 Å². The minimum absolute atomic E-state index is 0. The van der Waals surface area contributed by atoms with Crippen LogP contribution in [0.3, 0.4) is 0 Å². The average molecular weight is 465 g/mol. The summed E-state index contributed by atoms with van der Waals surface area (Å²) in [6, 6.07) is 0. The van der Waals surface area contributed by atoms with Gasteiger partial charge in [-0.15, -0.1) is 0 Å². The maximum absolute atomic E-state index is 12.2. The molecule has 28 heavy (non-hydrogen) atoms. The number of imidazole rings is 1. The van der Waals surface area contributed by atoms with Crippen LogP contribution in [0.5, 0.6) is 0 Å². The van der Waals surface area contributed by atoms with Crippen molar-refractivity contribution in [2.45, 2.75) is 24.5 Å². The molecule has 5 atom stereocenters. The zero-order chi connectivity index (χ0) is 20.0. The van der Waals surface area contributed by atoms with Crippen molar-refractivity contribution in [3.63, 3.8) is 0 Å². The van der Waals surface area contributed by atoms with Crippen LogP contribution < -0.4 is 62.2 Å². The Morgan fingerprint density at radius 3 is 2.61 bits per heavy atom. The molecule has 1 aliphatic rings. The van der Waals surface area contributed by atoms with E-state index in [2.05, 4.69) is 23.8 Å². The molecule has 0 spiro atoms. The van der Waals surface area contributed by atoms with Crippen molar-refractivity contribution >= 4 is 32.6 Å².